The second-order valence-corrected chi connectivity index (χ2v) is 7.39. The summed E-state index contributed by atoms with van der Waals surface area (Å²) in [5, 5.41) is 6.23. The molecule has 0 radical (unpaired) electrons. The summed E-state index contributed by atoms with van der Waals surface area (Å²) in [6, 6.07) is 2.81. The normalized spacial score (nSPS) is 11.4. The molecule has 4 aromatic heterocycles. The highest BCUT2D eigenvalue weighted by molar-refractivity contribution is 7.13. The Balaban J connectivity index is 1.81. The maximum absolute atomic E-state index is 13.1. The molecular formula is C20H16F3N7OS. The molecule has 0 aliphatic carbocycles. The van der Waals surface area contributed by atoms with Crippen molar-refractivity contribution in [3.05, 3.63) is 54.2 Å². The zero-order chi connectivity index (χ0) is 22.7. The fourth-order valence-corrected chi connectivity index (χ4v) is 3.78. The molecule has 0 aliphatic heterocycles. The fourth-order valence-electron chi connectivity index (χ4n) is 2.92. The van der Waals surface area contributed by atoms with Crippen molar-refractivity contribution in [1.82, 2.24) is 30.2 Å². The van der Waals surface area contributed by atoms with Crippen LogP contribution in [0.4, 0.5) is 23.8 Å². The van der Waals surface area contributed by atoms with Crippen molar-refractivity contribution in [2.24, 2.45) is 0 Å². The molecule has 8 nitrogen and oxygen atoms in total. The Morgan fingerprint density at radius 3 is 2.62 bits per heavy atom. The van der Waals surface area contributed by atoms with Crippen LogP contribution in [0.2, 0.25) is 0 Å². The van der Waals surface area contributed by atoms with Crippen molar-refractivity contribution in [2.45, 2.75) is 13.1 Å². The number of carbonyl (C=O) groups is 1. The third-order valence-electron chi connectivity index (χ3n) is 4.33. The first-order chi connectivity index (χ1) is 15.3. The van der Waals surface area contributed by atoms with E-state index in [9.17, 15) is 18.0 Å². The summed E-state index contributed by atoms with van der Waals surface area (Å²) in [4.78, 5) is 31.3. The molecule has 0 aliphatic rings. The number of alkyl halides is 3. The van der Waals surface area contributed by atoms with Crippen molar-refractivity contribution in [1.29, 1.82) is 0 Å². The summed E-state index contributed by atoms with van der Waals surface area (Å²) in [5.41, 5.74) is 1.20. The molecule has 0 bridgehead atoms. The molecule has 4 rings (SSSR count). The van der Waals surface area contributed by atoms with Crippen molar-refractivity contribution in [2.75, 3.05) is 11.9 Å². The van der Waals surface area contributed by atoms with Crippen LogP contribution in [0.3, 0.4) is 0 Å². The summed E-state index contributed by atoms with van der Waals surface area (Å²) in [6.45, 7) is 2.16. The zero-order valence-electron chi connectivity index (χ0n) is 16.6. The molecule has 0 fully saturated rings. The largest absolute Gasteiger partial charge is 0.434 e. The third kappa shape index (κ3) is 4.59. The van der Waals surface area contributed by atoms with Crippen LogP contribution in [0.5, 0.6) is 0 Å². The van der Waals surface area contributed by atoms with Gasteiger partial charge in [0.05, 0.1) is 0 Å². The second kappa shape index (κ2) is 8.75. The number of aromatic nitrogens is 5. The highest BCUT2D eigenvalue weighted by atomic mass is 32.1. The standard InChI is InChI=1S/C20H16F3N7OS/c1-2-25-19(31)30-16-6-13(18-29-15(10-32-18)20(21,22)23)14(9-28-16)11-5-12(8-24-7-11)17-26-3-4-27-17/h3-10H,2H2,1H3,(H,26,27)(H2,25,28,30,31). The molecular weight excluding hydrogens is 443 g/mol. The molecule has 32 heavy (non-hydrogen) atoms. The number of thiazole rings is 1. The molecule has 0 spiro atoms. The smallest absolute Gasteiger partial charge is 0.345 e. The Morgan fingerprint density at radius 2 is 1.94 bits per heavy atom. The van der Waals surface area contributed by atoms with Gasteiger partial charge in [0.25, 0.3) is 0 Å². The first-order valence-electron chi connectivity index (χ1n) is 9.38. The lowest BCUT2D eigenvalue weighted by atomic mass is 10.0. The van der Waals surface area contributed by atoms with Crippen LogP contribution in [0.1, 0.15) is 12.6 Å². The zero-order valence-corrected chi connectivity index (χ0v) is 17.4. The van der Waals surface area contributed by atoms with Crippen molar-refractivity contribution in [3.63, 3.8) is 0 Å². The number of pyridine rings is 2. The molecule has 0 atom stereocenters. The first kappa shape index (κ1) is 21.4. The highest BCUT2D eigenvalue weighted by Crippen LogP contribution is 2.38. The van der Waals surface area contributed by atoms with Crippen molar-refractivity contribution in [3.8, 4) is 33.1 Å². The van der Waals surface area contributed by atoms with E-state index in [1.54, 1.807) is 37.8 Å². The van der Waals surface area contributed by atoms with E-state index in [1.165, 1.54) is 12.3 Å². The Bertz CT molecular complexity index is 1240. The van der Waals surface area contributed by atoms with E-state index < -0.39 is 17.9 Å². The predicted molar refractivity (Wildman–Crippen MR) is 114 cm³/mol. The number of hydrogen-bond acceptors (Lipinski definition) is 6. The van der Waals surface area contributed by atoms with E-state index >= 15 is 0 Å². The average molecular weight is 459 g/mol. The Labute approximate surface area is 184 Å². The number of rotatable bonds is 5. The van der Waals surface area contributed by atoms with Gasteiger partial charge in [-0.15, -0.1) is 11.3 Å². The molecule has 2 amide bonds. The minimum absolute atomic E-state index is 0.136. The Hall–Kier alpha value is -3.80. The lowest BCUT2D eigenvalue weighted by molar-refractivity contribution is -0.140. The van der Waals surface area contributed by atoms with Gasteiger partial charge in [0.1, 0.15) is 16.6 Å². The summed E-state index contributed by atoms with van der Waals surface area (Å²) in [7, 11) is 0. The molecule has 12 heteroatoms. The fraction of sp³-hybridized carbons (Fsp3) is 0.150. The number of H-pyrrole nitrogens is 1. The summed E-state index contributed by atoms with van der Waals surface area (Å²) in [6.07, 6.45) is 3.36. The quantitative estimate of drug-likeness (QED) is 0.397. The lowest BCUT2D eigenvalue weighted by Crippen LogP contribution is -2.28. The minimum Gasteiger partial charge on any atom is -0.345 e. The minimum atomic E-state index is -4.56. The van der Waals surface area contributed by atoms with Gasteiger partial charge >= 0.3 is 12.2 Å². The maximum Gasteiger partial charge on any atom is 0.434 e. The molecule has 0 saturated heterocycles. The number of carbonyl (C=O) groups excluding carboxylic acids is 1. The van der Waals surface area contributed by atoms with Crippen LogP contribution >= 0.6 is 11.3 Å². The molecule has 0 unspecified atom stereocenters. The number of halogens is 3. The van der Waals surface area contributed by atoms with Crippen LogP contribution < -0.4 is 10.6 Å². The summed E-state index contributed by atoms with van der Waals surface area (Å²) in [5.74, 6) is 0.769. The van der Waals surface area contributed by atoms with Crippen molar-refractivity contribution >= 4 is 23.2 Å². The van der Waals surface area contributed by atoms with E-state index in [0.717, 1.165) is 16.7 Å². The SMILES string of the molecule is CCNC(=O)Nc1cc(-c2nc(C(F)(F)F)cs2)c(-c2cncc(-c3ncc[nH]3)c2)cn1. The van der Waals surface area contributed by atoms with Crippen LogP contribution in [-0.4, -0.2) is 37.5 Å². The Morgan fingerprint density at radius 1 is 1.12 bits per heavy atom. The lowest BCUT2D eigenvalue weighted by Gasteiger charge is -2.11. The third-order valence-corrected chi connectivity index (χ3v) is 5.20. The number of imidazole rings is 1. The second-order valence-electron chi connectivity index (χ2n) is 6.54. The van der Waals surface area contributed by atoms with Gasteiger partial charge in [0.15, 0.2) is 5.69 Å². The summed E-state index contributed by atoms with van der Waals surface area (Å²) >= 11 is 0.852. The van der Waals surface area contributed by atoms with Gasteiger partial charge in [-0.25, -0.2) is 19.7 Å². The van der Waals surface area contributed by atoms with Gasteiger partial charge < -0.3 is 10.3 Å². The van der Waals surface area contributed by atoms with Gasteiger partial charge in [-0.05, 0) is 19.1 Å². The Kier molecular flexibility index (Phi) is 5.86. The number of urea groups is 1. The molecule has 4 heterocycles. The number of nitrogens with one attached hydrogen (secondary N) is 3. The number of anilines is 1. The number of nitrogens with zero attached hydrogens (tertiary/aromatic N) is 4. The van der Waals surface area contributed by atoms with Gasteiger partial charge in [-0.3, -0.25) is 10.3 Å². The van der Waals surface area contributed by atoms with Gasteiger partial charge in [-0.2, -0.15) is 13.2 Å². The average Bonchev–Trinajstić information content (AvgIpc) is 3.46. The van der Waals surface area contributed by atoms with Crippen LogP contribution in [0.25, 0.3) is 33.1 Å². The van der Waals surface area contributed by atoms with Gasteiger partial charge in [0, 0.05) is 65.2 Å². The van der Waals surface area contributed by atoms with E-state index in [2.05, 4.69) is 35.6 Å². The van der Waals surface area contributed by atoms with Crippen LogP contribution in [0, 0.1) is 0 Å². The topological polar surface area (TPSA) is 108 Å². The first-order valence-corrected chi connectivity index (χ1v) is 10.3. The van der Waals surface area contributed by atoms with Crippen molar-refractivity contribution < 1.29 is 18.0 Å². The van der Waals surface area contributed by atoms with E-state index in [1.807, 2.05) is 0 Å². The van der Waals surface area contributed by atoms with E-state index in [0.29, 0.717) is 34.6 Å². The highest BCUT2D eigenvalue weighted by Gasteiger charge is 2.34. The van der Waals surface area contributed by atoms with Gasteiger partial charge in [0.2, 0.25) is 0 Å². The molecule has 4 aromatic rings. The van der Waals surface area contributed by atoms with Crippen LogP contribution in [-0.2, 0) is 6.18 Å². The molecule has 164 valence electrons. The molecule has 0 saturated carbocycles. The van der Waals surface area contributed by atoms with Gasteiger partial charge in [-0.1, -0.05) is 0 Å². The number of aromatic amines is 1. The van der Waals surface area contributed by atoms with Crippen LogP contribution in [0.15, 0.2) is 48.5 Å². The van der Waals surface area contributed by atoms with E-state index in [4.69, 9.17) is 0 Å². The number of amides is 2. The molecule has 3 N–H and O–H groups in total. The molecule has 0 aromatic carbocycles. The predicted octanol–water partition coefficient (Wildman–Crippen LogP) is 4.82. The van der Waals surface area contributed by atoms with E-state index in [-0.39, 0.29) is 10.8 Å². The monoisotopic (exact) mass is 459 g/mol. The number of hydrogen-bond donors (Lipinski definition) is 3. The maximum atomic E-state index is 13.1. The summed E-state index contributed by atoms with van der Waals surface area (Å²) < 4.78 is 39.4.